The summed E-state index contributed by atoms with van der Waals surface area (Å²) in [6, 6.07) is 0.109. The number of nitrogens with one attached hydrogen (secondary N) is 2. The van der Waals surface area contributed by atoms with Crippen molar-refractivity contribution < 1.29 is 9.53 Å². The van der Waals surface area contributed by atoms with Gasteiger partial charge < -0.3 is 15.0 Å². The van der Waals surface area contributed by atoms with Crippen molar-refractivity contribution >= 4 is 6.03 Å². The average molecular weight is 309 g/mol. The summed E-state index contributed by atoms with van der Waals surface area (Å²) in [5, 5.41) is 9.32. The molecule has 8 heteroatoms. The monoisotopic (exact) mass is 309 g/mol. The first-order valence-corrected chi connectivity index (χ1v) is 7.92. The Kier molecular flexibility index (Phi) is 4.19. The molecule has 2 fully saturated rings. The normalized spacial score (nSPS) is 25.3. The molecule has 0 spiro atoms. The summed E-state index contributed by atoms with van der Waals surface area (Å²) in [4.78, 5) is 25.8. The maximum atomic E-state index is 12.3. The third kappa shape index (κ3) is 3.16. The molecular formula is C14H23N5O3. The van der Waals surface area contributed by atoms with E-state index in [-0.39, 0.29) is 36.5 Å². The molecule has 3 rings (SSSR count). The molecule has 0 radical (unpaired) electrons. The maximum Gasteiger partial charge on any atom is 0.343 e. The van der Waals surface area contributed by atoms with E-state index in [0.29, 0.717) is 18.9 Å². The zero-order valence-corrected chi connectivity index (χ0v) is 13.0. The fourth-order valence-corrected chi connectivity index (χ4v) is 2.87. The molecule has 0 bridgehead atoms. The van der Waals surface area contributed by atoms with Crippen LogP contribution in [0.4, 0.5) is 4.79 Å². The quantitative estimate of drug-likeness (QED) is 0.852. The molecule has 2 heterocycles. The molecular weight excluding hydrogens is 286 g/mol. The van der Waals surface area contributed by atoms with E-state index in [2.05, 4.69) is 22.4 Å². The molecule has 2 atom stereocenters. The van der Waals surface area contributed by atoms with Gasteiger partial charge in [0, 0.05) is 19.1 Å². The van der Waals surface area contributed by atoms with Crippen molar-refractivity contribution in [2.24, 2.45) is 0 Å². The van der Waals surface area contributed by atoms with Crippen LogP contribution in [0.1, 0.15) is 45.0 Å². The fraction of sp³-hybridized carbons (Fsp3) is 0.786. The Labute approximate surface area is 128 Å². The Balaban J connectivity index is 1.59. The molecule has 1 aliphatic carbocycles. The fourth-order valence-electron chi connectivity index (χ4n) is 2.87. The molecule has 22 heavy (non-hydrogen) atoms. The molecule has 1 aliphatic heterocycles. The van der Waals surface area contributed by atoms with Gasteiger partial charge in [-0.2, -0.15) is 5.10 Å². The van der Waals surface area contributed by atoms with Crippen LogP contribution in [0, 0.1) is 0 Å². The van der Waals surface area contributed by atoms with Crippen LogP contribution in [-0.2, 0) is 11.3 Å². The van der Waals surface area contributed by atoms with E-state index in [4.69, 9.17) is 4.74 Å². The Bertz CT molecular complexity index is 592. The third-order valence-corrected chi connectivity index (χ3v) is 4.16. The molecule has 1 saturated carbocycles. The van der Waals surface area contributed by atoms with Crippen LogP contribution in [0.15, 0.2) is 4.79 Å². The van der Waals surface area contributed by atoms with E-state index in [0.717, 1.165) is 19.3 Å². The second-order valence-electron chi connectivity index (χ2n) is 6.09. The predicted molar refractivity (Wildman–Crippen MR) is 79.6 cm³/mol. The SMILES string of the molecule is CCC1CN(C(=O)NCc2n[nH]c(=O)n2C2CC2)CC(C)O1. The summed E-state index contributed by atoms with van der Waals surface area (Å²) in [5.74, 6) is 0.592. The van der Waals surface area contributed by atoms with Gasteiger partial charge in [0.1, 0.15) is 0 Å². The van der Waals surface area contributed by atoms with Crippen molar-refractivity contribution in [2.75, 3.05) is 13.1 Å². The number of carbonyl (C=O) groups excluding carboxylic acids is 1. The molecule has 2 aliphatic rings. The van der Waals surface area contributed by atoms with Gasteiger partial charge in [-0.3, -0.25) is 4.57 Å². The minimum absolute atomic E-state index is 0.0412. The van der Waals surface area contributed by atoms with Crippen molar-refractivity contribution in [3.63, 3.8) is 0 Å². The topological polar surface area (TPSA) is 92.3 Å². The van der Waals surface area contributed by atoms with Gasteiger partial charge in [-0.25, -0.2) is 14.7 Å². The Hall–Kier alpha value is -1.83. The lowest BCUT2D eigenvalue weighted by Gasteiger charge is -2.36. The summed E-state index contributed by atoms with van der Waals surface area (Å²) in [7, 11) is 0. The van der Waals surface area contributed by atoms with Gasteiger partial charge in [-0.1, -0.05) is 6.92 Å². The highest BCUT2D eigenvalue weighted by atomic mass is 16.5. The molecule has 0 aromatic carbocycles. The Morgan fingerprint density at radius 2 is 2.23 bits per heavy atom. The van der Waals surface area contributed by atoms with E-state index >= 15 is 0 Å². The molecule has 8 nitrogen and oxygen atoms in total. The number of nitrogens with zero attached hydrogens (tertiary/aromatic N) is 3. The van der Waals surface area contributed by atoms with Gasteiger partial charge in [0.25, 0.3) is 0 Å². The Morgan fingerprint density at radius 1 is 1.45 bits per heavy atom. The van der Waals surface area contributed by atoms with E-state index in [9.17, 15) is 9.59 Å². The third-order valence-electron chi connectivity index (χ3n) is 4.16. The number of amides is 2. The lowest BCUT2D eigenvalue weighted by atomic mass is 10.2. The largest absolute Gasteiger partial charge is 0.372 e. The van der Waals surface area contributed by atoms with Crippen molar-refractivity contribution in [2.45, 2.75) is 57.9 Å². The number of ether oxygens (including phenoxy) is 1. The van der Waals surface area contributed by atoms with Crippen LogP contribution < -0.4 is 11.0 Å². The number of H-pyrrole nitrogens is 1. The summed E-state index contributed by atoms with van der Waals surface area (Å²) >= 11 is 0. The van der Waals surface area contributed by atoms with E-state index in [1.165, 1.54) is 0 Å². The van der Waals surface area contributed by atoms with Crippen molar-refractivity contribution in [1.82, 2.24) is 25.0 Å². The summed E-state index contributed by atoms with van der Waals surface area (Å²) in [5.41, 5.74) is -0.196. The lowest BCUT2D eigenvalue weighted by Crippen LogP contribution is -2.52. The van der Waals surface area contributed by atoms with Crippen LogP contribution in [0.2, 0.25) is 0 Å². The second-order valence-corrected chi connectivity index (χ2v) is 6.09. The zero-order chi connectivity index (χ0) is 15.7. The summed E-state index contributed by atoms with van der Waals surface area (Å²) < 4.78 is 7.41. The van der Waals surface area contributed by atoms with Crippen molar-refractivity contribution in [3.05, 3.63) is 16.3 Å². The molecule has 2 amide bonds. The van der Waals surface area contributed by atoms with Crippen LogP contribution in [0.3, 0.4) is 0 Å². The summed E-state index contributed by atoms with van der Waals surface area (Å²) in [6.45, 7) is 5.47. The van der Waals surface area contributed by atoms with E-state index in [1.54, 1.807) is 9.47 Å². The average Bonchev–Trinajstić information content (AvgIpc) is 3.27. The lowest BCUT2D eigenvalue weighted by molar-refractivity contribution is -0.0646. The Morgan fingerprint density at radius 3 is 2.91 bits per heavy atom. The predicted octanol–water partition coefficient (Wildman–Crippen LogP) is 0.615. The van der Waals surface area contributed by atoms with Crippen LogP contribution in [0.25, 0.3) is 0 Å². The first kappa shape index (κ1) is 15.1. The minimum atomic E-state index is -0.196. The van der Waals surface area contributed by atoms with Gasteiger partial charge in [-0.05, 0) is 26.2 Å². The van der Waals surface area contributed by atoms with Crippen LogP contribution in [-0.4, -0.2) is 51.0 Å². The van der Waals surface area contributed by atoms with Crippen molar-refractivity contribution in [1.29, 1.82) is 0 Å². The van der Waals surface area contributed by atoms with E-state index in [1.807, 2.05) is 6.92 Å². The smallest absolute Gasteiger partial charge is 0.343 e. The van der Waals surface area contributed by atoms with Gasteiger partial charge in [0.2, 0.25) is 0 Å². The van der Waals surface area contributed by atoms with Gasteiger partial charge in [0.05, 0.1) is 18.8 Å². The molecule has 2 N–H and O–H groups in total. The highest BCUT2D eigenvalue weighted by Crippen LogP contribution is 2.33. The molecule has 1 aromatic rings. The van der Waals surface area contributed by atoms with E-state index < -0.39 is 0 Å². The van der Waals surface area contributed by atoms with Gasteiger partial charge >= 0.3 is 11.7 Å². The van der Waals surface area contributed by atoms with Crippen LogP contribution >= 0.6 is 0 Å². The molecule has 1 saturated heterocycles. The summed E-state index contributed by atoms with van der Waals surface area (Å²) in [6.07, 6.45) is 3.01. The number of aromatic nitrogens is 3. The zero-order valence-electron chi connectivity index (χ0n) is 13.0. The van der Waals surface area contributed by atoms with Crippen LogP contribution in [0.5, 0.6) is 0 Å². The molecule has 2 unspecified atom stereocenters. The highest BCUT2D eigenvalue weighted by Gasteiger charge is 2.30. The van der Waals surface area contributed by atoms with Crippen molar-refractivity contribution in [3.8, 4) is 0 Å². The number of hydrogen-bond donors (Lipinski definition) is 2. The number of urea groups is 1. The first-order chi connectivity index (χ1) is 10.6. The highest BCUT2D eigenvalue weighted by molar-refractivity contribution is 5.74. The first-order valence-electron chi connectivity index (χ1n) is 7.92. The number of carbonyl (C=O) groups is 1. The maximum absolute atomic E-state index is 12.3. The number of rotatable bonds is 4. The number of morpholine rings is 1. The van der Waals surface area contributed by atoms with Gasteiger partial charge in [-0.15, -0.1) is 0 Å². The molecule has 122 valence electrons. The standard InChI is InChI=1S/C14H23N5O3/c1-3-11-8-18(7-9(2)22-11)13(20)15-6-12-16-17-14(21)19(12)10-4-5-10/h9-11H,3-8H2,1-2H3,(H,15,20)(H,17,21). The van der Waals surface area contributed by atoms with Gasteiger partial charge in [0.15, 0.2) is 5.82 Å². The molecule has 1 aromatic heterocycles. The number of hydrogen-bond acceptors (Lipinski definition) is 4. The minimum Gasteiger partial charge on any atom is -0.372 e. The second kappa shape index (κ2) is 6.12. The number of aromatic amines is 1.